The molecule has 2 aromatic rings. The van der Waals surface area contributed by atoms with E-state index in [0.29, 0.717) is 18.8 Å². The van der Waals surface area contributed by atoms with Gasteiger partial charge in [-0.3, -0.25) is 0 Å². The minimum Gasteiger partial charge on any atom is -0.445 e. The second kappa shape index (κ2) is 7.59. The highest BCUT2D eigenvalue weighted by molar-refractivity contribution is 5.69. The molecule has 1 N–H and O–H groups in total. The molecule has 4 heteroatoms. The summed E-state index contributed by atoms with van der Waals surface area (Å²) in [4.78, 5) is 14.6. The highest BCUT2D eigenvalue weighted by atomic mass is 16.6. The number of piperidine rings is 1. The third kappa shape index (κ3) is 3.66. The topological polar surface area (TPSA) is 49.8 Å². The Morgan fingerprint density at radius 2 is 1.79 bits per heavy atom. The summed E-state index contributed by atoms with van der Waals surface area (Å²) in [7, 11) is 0. The molecule has 148 valence electrons. The van der Waals surface area contributed by atoms with Gasteiger partial charge in [0.1, 0.15) is 6.61 Å². The molecule has 2 aromatic carbocycles. The van der Waals surface area contributed by atoms with Crippen LogP contribution in [0.25, 0.3) is 0 Å². The van der Waals surface area contributed by atoms with Crippen molar-refractivity contribution in [1.82, 2.24) is 4.90 Å². The van der Waals surface area contributed by atoms with Gasteiger partial charge in [0.15, 0.2) is 0 Å². The van der Waals surface area contributed by atoms with E-state index in [0.717, 1.165) is 24.0 Å². The molecule has 4 nitrogen and oxygen atoms in total. The Bertz CT molecular complexity index is 819. The van der Waals surface area contributed by atoms with E-state index in [-0.39, 0.29) is 24.8 Å². The monoisotopic (exact) mass is 379 g/mol. The van der Waals surface area contributed by atoms with E-state index in [1.165, 1.54) is 5.56 Å². The summed E-state index contributed by atoms with van der Waals surface area (Å²) in [5, 5.41) is 11.5. The summed E-state index contributed by atoms with van der Waals surface area (Å²) >= 11 is 0. The zero-order valence-electron chi connectivity index (χ0n) is 16.7. The Labute approximate surface area is 167 Å². The van der Waals surface area contributed by atoms with Gasteiger partial charge in [-0.1, -0.05) is 68.4 Å². The lowest BCUT2D eigenvalue weighted by Gasteiger charge is -2.43. The van der Waals surface area contributed by atoms with Gasteiger partial charge in [-0.15, -0.1) is 0 Å². The Balaban J connectivity index is 1.46. The van der Waals surface area contributed by atoms with Crippen LogP contribution in [0.2, 0.25) is 0 Å². The number of rotatable bonds is 4. The molecule has 2 aliphatic rings. The number of amides is 1. The molecule has 2 saturated heterocycles. The van der Waals surface area contributed by atoms with Crippen LogP contribution < -0.4 is 0 Å². The molecule has 2 atom stereocenters. The predicted octanol–water partition coefficient (Wildman–Crippen LogP) is 4.96. The molecular formula is C24H29NO3. The molecule has 0 radical (unpaired) electrons. The SMILES string of the molecule is CC(C)c1cccc(C2(O)CC3CCC(C2)N3C(=O)OCc2ccccc2)c1. The zero-order valence-corrected chi connectivity index (χ0v) is 16.7. The lowest BCUT2D eigenvalue weighted by Crippen LogP contribution is -2.52. The molecule has 0 aromatic heterocycles. The van der Waals surface area contributed by atoms with Crippen LogP contribution in [0.1, 0.15) is 62.1 Å². The van der Waals surface area contributed by atoms with Crippen LogP contribution >= 0.6 is 0 Å². The minimum absolute atomic E-state index is 0.0368. The summed E-state index contributed by atoms with van der Waals surface area (Å²) in [6.45, 7) is 4.62. The summed E-state index contributed by atoms with van der Waals surface area (Å²) < 4.78 is 5.58. The van der Waals surface area contributed by atoms with Gasteiger partial charge in [-0.25, -0.2) is 4.79 Å². The fourth-order valence-electron chi connectivity index (χ4n) is 4.74. The molecule has 2 bridgehead atoms. The molecule has 2 fully saturated rings. The van der Waals surface area contributed by atoms with Gasteiger partial charge in [0.05, 0.1) is 5.60 Å². The Hall–Kier alpha value is -2.33. The quantitative estimate of drug-likeness (QED) is 0.817. The summed E-state index contributed by atoms with van der Waals surface area (Å²) in [5.41, 5.74) is 2.34. The first-order valence-electron chi connectivity index (χ1n) is 10.3. The van der Waals surface area contributed by atoms with Gasteiger partial charge in [0, 0.05) is 24.9 Å². The van der Waals surface area contributed by atoms with Crippen LogP contribution in [-0.4, -0.2) is 28.2 Å². The zero-order chi connectivity index (χ0) is 19.7. The molecule has 2 unspecified atom stereocenters. The maximum atomic E-state index is 12.7. The van der Waals surface area contributed by atoms with Crippen LogP contribution in [0.15, 0.2) is 54.6 Å². The fourth-order valence-corrected chi connectivity index (χ4v) is 4.74. The number of hydrogen-bond donors (Lipinski definition) is 1. The number of hydrogen-bond acceptors (Lipinski definition) is 3. The Morgan fingerprint density at radius 3 is 2.43 bits per heavy atom. The third-order valence-electron chi connectivity index (χ3n) is 6.27. The number of ether oxygens (including phenoxy) is 1. The fraction of sp³-hybridized carbons (Fsp3) is 0.458. The number of nitrogens with zero attached hydrogens (tertiary/aromatic N) is 1. The van der Waals surface area contributed by atoms with Crippen molar-refractivity contribution in [3.8, 4) is 0 Å². The van der Waals surface area contributed by atoms with E-state index in [2.05, 4.69) is 26.0 Å². The maximum absolute atomic E-state index is 12.7. The van der Waals surface area contributed by atoms with Crippen LogP contribution in [-0.2, 0) is 16.9 Å². The molecule has 2 aliphatic heterocycles. The predicted molar refractivity (Wildman–Crippen MR) is 109 cm³/mol. The lowest BCUT2D eigenvalue weighted by molar-refractivity contribution is -0.0537. The molecule has 0 spiro atoms. The van der Waals surface area contributed by atoms with Crippen molar-refractivity contribution < 1.29 is 14.6 Å². The second-order valence-electron chi connectivity index (χ2n) is 8.55. The van der Waals surface area contributed by atoms with E-state index >= 15 is 0 Å². The van der Waals surface area contributed by atoms with Crippen molar-refractivity contribution in [3.05, 3.63) is 71.3 Å². The van der Waals surface area contributed by atoms with Crippen molar-refractivity contribution in [2.75, 3.05) is 0 Å². The van der Waals surface area contributed by atoms with Crippen molar-refractivity contribution in [2.45, 2.75) is 69.7 Å². The van der Waals surface area contributed by atoms with Crippen LogP contribution in [0.3, 0.4) is 0 Å². The van der Waals surface area contributed by atoms with E-state index in [4.69, 9.17) is 4.74 Å². The maximum Gasteiger partial charge on any atom is 0.410 e. The first kappa shape index (κ1) is 19.0. The van der Waals surface area contributed by atoms with Gasteiger partial charge in [0.25, 0.3) is 0 Å². The highest BCUT2D eigenvalue weighted by Crippen LogP contribution is 2.46. The summed E-state index contributed by atoms with van der Waals surface area (Å²) in [6, 6.07) is 18.1. The van der Waals surface area contributed by atoms with Crippen molar-refractivity contribution >= 4 is 6.09 Å². The Morgan fingerprint density at radius 1 is 1.11 bits per heavy atom. The van der Waals surface area contributed by atoms with E-state index in [1.54, 1.807) is 0 Å². The second-order valence-corrected chi connectivity index (χ2v) is 8.55. The van der Waals surface area contributed by atoms with E-state index in [9.17, 15) is 9.90 Å². The number of benzene rings is 2. The average Bonchev–Trinajstić information content (AvgIpc) is 2.99. The smallest absolute Gasteiger partial charge is 0.410 e. The highest BCUT2D eigenvalue weighted by Gasteiger charge is 2.50. The third-order valence-corrected chi connectivity index (χ3v) is 6.27. The van der Waals surface area contributed by atoms with Crippen molar-refractivity contribution in [2.24, 2.45) is 0 Å². The number of carbonyl (C=O) groups excluding carboxylic acids is 1. The largest absolute Gasteiger partial charge is 0.445 e. The van der Waals surface area contributed by atoms with E-state index in [1.807, 2.05) is 47.4 Å². The average molecular weight is 380 g/mol. The van der Waals surface area contributed by atoms with Gasteiger partial charge in [-0.05, 0) is 35.4 Å². The molecule has 0 aliphatic carbocycles. The summed E-state index contributed by atoms with van der Waals surface area (Å²) in [5.74, 6) is 0.424. The molecule has 0 saturated carbocycles. The normalized spacial score (nSPS) is 26.5. The molecule has 4 rings (SSSR count). The van der Waals surface area contributed by atoms with Gasteiger partial charge in [-0.2, -0.15) is 0 Å². The summed E-state index contributed by atoms with van der Waals surface area (Å²) in [6.07, 6.45) is 2.75. The van der Waals surface area contributed by atoms with Gasteiger partial charge >= 0.3 is 6.09 Å². The molecular weight excluding hydrogens is 350 g/mol. The standard InChI is InChI=1S/C24H29NO3/c1-17(2)19-9-6-10-20(13-19)24(27)14-21-11-12-22(15-24)25(21)23(26)28-16-18-7-4-3-5-8-18/h3-10,13,17,21-22,27H,11-12,14-16H2,1-2H3. The number of carbonyl (C=O) groups is 1. The van der Waals surface area contributed by atoms with Crippen LogP contribution in [0.4, 0.5) is 4.79 Å². The molecule has 2 heterocycles. The Kier molecular flexibility index (Phi) is 5.15. The lowest BCUT2D eigenvalue weighted by atomic mass is 9.79. The van der Waals surface area contributed by atoms with Crippen LogP contribution in [0, 0.1) is 0 Å². The minimum atomic E-state index is -0.868. The number of aliphatic hydroxyl groups is 1. The van der Waals surface area contributed by atoms with Gasteiger partial charge in [0.2, 0.25) is 0 Å². The van der Waals surface area contributed by atoms with Crippen molar-refractivity contribution in [3.63, 3.8) is 0 Å². The first-order chi connectivity index (χ1) is 13.5. The molecule has 1 amide bonds. The van der Waals surface area contributed by atoms with Gasteiger partial charge < -0.3 is 14.7 Å². The van der Waals surface area contributed by atoms with E-state index < -0.39 is 5.60 Å². The molecule has 28 heavy (non-hydrogen) atoms. The first-order valence-corrected chi connectivity index (χ1v) is 10.3. The van der Waals surface area contributed by atoms with Crippen molar-refractivity contribution in [1.29, 1.82) is 0 Å². The van der Waals surface area contributed by atoms with Crippen LogP contribution in [0.5, 0.6) is 0 Å². The number of fused-ring (bicyclic) bond motifs is 2.